The minimum atomic E-state index is 0.217. The third kappa shape index (κ3) is 2.25. The third-order valence-corrected chi connectivity index (χ3v) is 3.12. The second kappa shape index (κ2) is 4.66. The highest BCUT2D eigenvalue weighted by Gasteiger charge is 2.23. The maximum atomic E-state index is 12.0. The Bertz CT molecular complexity index is 364. The van der Waals surface area contributed by atoms with Gasteiger partial charge < -0.3 is 10.6 Å². The summed E-state index contributed by atoms with van der Waals surface area (Å²) in [5.74, 6) is 0.491. The van der Waals surface area contributed by atoms with Crippen molar-refractivity contribution in [3.63, 3.8) is 0 Å². The molecule has 0 saturated carbocycles. The van der Waals surface area contributed by atoms with Gasteiger partial charge in [0.05, 0.1) is 0 Å². The maximum Gasteiger partial charge on any atom is 0.223 e. The molecule has 0 aromatic heterocycles. The third-order valence-electron chi connectivity index (χ3n) is 3.12. The number of fused-ring (bicyclic) bond motifs is 1. The van der Waals surface area contributed by atoms with E-state index in [0.29, 0.717) is 13.0 Å². The first-order valence-electron chi connectivity index (χ1n) is 5.75. The normalized spacial score (nSPS) is 16.0. The van der Waals surface area contributed by atoms with Crippen molar-refractivity contribution in [2.75, 3.05) is 6.54 Å². The van der Waals surface area contributed by atoms with Gasteiger partial charge >= 0.3 is 0 Å². The van der Waals surface area contributed by atoms with Crippen molar-refractivity contribution in [2.45, 2.75) is 26.4 Å². The smallest absolute Gasteiger partial charge is 0.223 e. The van der Waals surface area contributed by atoms with E-state index >= 15 is 0 Å². The highest BCUT2D eigenvalue weighted by atomic mass is 16.2. The van der Waals surface area contributed by atoms with Crippen LogP contribution in [0.2, 0.25) is 0 Å². The van der Waals surface area contributed by atoms with E-state index in [-0.39, 0.29) is 11.8 Å². The van der Waals surface area contributed by atoms with Crippen LogP contribution in [-0.4, -0.2) is 17.4 Å². The maximum absolute atomic E-state index is 12.0. The molecule has 1 aromatic carbocycles. The van der Waals surface area contributed by atoms with Crippen molar-refractivity contribution in [3.05, 3.63) is 35.4 Å². The predicted molar refractivity (Wildman–Crippen MR) is 63.5 cm³/mol. The number of nitrogens with two attached hydrogens (primary N) is 1. The second-order valence-electron chi connectivity index (χ2n) is 4.56. The first-order chi connectivity index (χ1) is 7.70. The lowest BCUT2D eigenvalue weighted by molar-refractivity contribution is -0.132. The van der Waals surface area contributed by atoms with Crippen LogP contribution < -0.4 is 5.73 Å². The van der Waals surface area contributed by atoms with E-state index in [1.807, 2.05) is 24.0 Å². The molecular weight excluding hydrogens is 200 g/mol. The summed E-state index contributed by atoms with van der Waals surface area (Å²) in [6, 6.07) is 8.23. The largest absolute Gasteiger partial charge is 0.334 e. The molecule has 1 aromatic rings. The molecule has 2 N–H and O–H groups in total. The van der Waals surface area contributed by atoms with Gasteiger partial charge in [-0.05, 0) is 23.6 Å². The monoisotopic (exact) mass is 218 g/mol. The molecule has 1 atom stereocenters. The summed E-state index contributed by atoms with van der Waals surface area (Å²) in [6.45, 7) is 4.10. The van der Waals surface area contributed by atoms with E-state index in [0.717, 1.165) is 13.1 Å². The molecule has 0 bridgehead atoms. The fraction of sp³-hybridized carbons (Fsp3) is 0.462. The van der Waals surface area contributed by atoms with Gasteiger partial charge in [-0.3, -0.25) is 4.79 Å². The molecule has 1 aliphatic rings. The van der Waals surface area contributed by atoms with Gasteiger partial charge in [0.15, 0.2) is 0 Å². The molecule has 0 radical (unpaired) electrons. The molecule has 86 valence electrons. The fourth-order valence-electron chi connectivity index (χ4n) is 2.02. The molecule has 0 saturated heterocycles. The first-order valence-corrected chi connectivity index (χ1v) is 5.75. The van der Waals surface area contributed by atoms with Crippen molar-refractivity contribution in [3.8, 4) is 0 Å². The van der Waals surface area contributed by atoms with Crippen molar-refractivity contribution >= 4 is 5.91 Å². The van der Waals surface area contributed by atoms with Crippen LogP contribution in [-0.2, 0) is 17.9 Å². The van der Waals surface area contributed by atoms with Crippen molar-refractivity contribution < 1.29 is 4.79 Å². The zero-order valence-corrected chi connectivity index (χ0v) is 9.65. The van der Waals surface area contributed by atoms with Crippen LogP contribution in [0.3, 0.4) is 0 Å². The van der Waals surface area contributed by atoms with Gasteiger partial charge in [-0.1, -0.05) is 31.2 Å². The standard InChI is InChI=1S/C13H18N2O/c1-10(7-14)6-13(16)15-8-11-4-2-3-5-12(11)9-15/h2-5,10H,6-9,14H2,1H3. The SMILES string of the molecule is CC(CN)CC(=O)N1Cc2ccccc2C1. The molecule has 3 nitrogen and oxygen atoms in total. The topological polar surface area (TPSA) is 46.3 Å². The molecule has 1 unspecified atom stereocenters. The zero-order chi connectivity index (χ0) is 11.5. The summed E-state index contributed by atoms with van der Waals surface area (Å²) in [4.78, 5) is 13.9. The van der Waals surface area contributed by atoms with Crippen molar-refractivity contribution in [2.24, 2.45) is 11.7 Å². The molecule has 0 fully saturated rings. The molecule has 16 heavy (non-hydrogen) atoms. The van der Waals surface area contributed by atoms with Crippen LogP contribution in [0, 0.1) is 5.92 Å². The van der Waals surface area contributed by atoms with E-state index in [1.165, 1.54) is 11.1 Å². The molecule has 3 heteroatoms. The lowest BCUT2D eigenvalue weighted by Crippen LogP contribution is -2.28. The van der Waals surface area contributed by atoms with E-state index < -0.39 is 0 Å². The van der Waals surface area contributed by atoms with Crippen LogP contribution in [0.4, 0.5) is 0 Å². The van der Waals surface area contributed by atoms with Crippen LogP contribution in [0.5, 0.6) is 0 Å². The lowest BCUT2D eigenvalue weighted by Gasteiger charge is -2.17. The highest BCUT2D eigenvalue weighted by molar-refractivity contribution is 5.77. The summed E-state index contributed by atoms with van der Waals surface area (Å²) in [6.07, 6.45) is 0.560. The van der Waals surface area contributed by atoms with E-state index in [2.05, 4.69) is 12.1 Å². The summed E-state index contributed by atoms with van der Waals surface area (Å²) < 4.78 is 0. The summed E-state index contributed by atoms with van der Waals surface area (Å²) in [5, 5.41) is 0. The number of carbonyl (C=O) groups excluding carboxylic acids is 1. The number of hydrogen-bond acceptors (Lipinski definition) is 2. The molecule has 0 aliphatic carbocycles. The lowest BCUT2D eigenvalue weighted by atomic mass is 10.1. The number of hydrogen-bond donors (Lipinski definition) is 1. The van der Waals surface area contributed by atoms with E-state index in [4.69, 9.17) is 5.73 Å². The summed E-state index contributed by atoms with van der Waals surface area (Å²) in [5.41, 5.74) is 8.08. The minimum Gasteiger partial charge on any atom is -0.334 e. The molecule has 1 amide bonds. The summed E-state index contributed by atoms with van der Waals surface area (Å²) >= 11 is 0. The zero-order valence-electron chi connectivity index (χ0n) is 9.65. The Hall–Kier alpha value is -1.35. The van der Waals surface area contributed by atoms with Gasteiger partial charge in [-0.25, -0.2) is 0 Å². The van der Waals surface area contributed by atoms with Crippen molar-refractivity contribution in [1.29, 1.82) is 0 Å². The number of nitrogens with zero attached hydrogens (tertiary/aromatic N) is 1. The highest BCUT2D eigenvalue weighted by Crippen LogP contribution is 2.23. The number of amides is 1. The molecule has 1 aliphatic heterocycles. The molecular formula is C13H18N2O. The van der Waals surface area contributed by atoms with Crippen LogP contribution in [0.15, 0.2) is 24.3 Å². The molecule has 2 rings (SSSR count). The van der Waals surface area contributed by atoms with Crippen LogP contribution >= 0.6 is 0 Å². The van der Waals surface area contributed by atoms with Gasteiger partial charge in [0.1, 0.15) is 0 Å². The Kier molecular flexibility index (Phi) is 3.25. The van der Waals surface area contributed by atoms with Crippen LogP contribution in [0.25, 0.3) is 0 Å². The average molecular weight is 218 g/mol. The van der Waals surface area contributed by atoms with Crippen LogP contribution in [0.1, 0.15) is 24.5 Å². The Labute approximate surface area is 96.2 Å². The van der Waals surface area contributed by atoms with Gasteiger partial charge in [0, 0.05) is 19.5 Å². The number of rotatable bonds is 3. The fourth-order valence-corrected chi connectivity index (χ4v) is 2.02. The van der Waals surface area contributed by atoms with Gasteiger partial charge in [-0.2, -0.15) is 0 Å². The van der Waals surface area contributed by atoms with Crippen molar-refractivity contribution in [1.82, 2.24) is 4.90 Å². The minimum absolute atomic E-state index is 0.217. The predicted octanol–water partition coefficient (Wildman–Crippen LogP) is 1.51. The van der Waals surface area contributed by atoms with Gasteiger partial charge in [0.2, 0.25) is 5.91 Å². The average Bonchev–Trinajstić information content (AvgIpc) is 2.72. The Morgan fingerprint density at radius 3 is 2.44 bits per heavy atom. The number of carbonyl (C=O) groups is 1. The Balaban J connectivity index is 1.98. The summed E-state index contributed by atoms with van der Waals surface area (Å²) in [7, 11) is 0. The first kappa shape index (κ1) is 11.1. The Morgan fingerprint density at radius 2 is 1.94 bits per heavy atom. The van der Waals surface area contributed by atoms with E-state index in [9.17, 15) is 4.79 Å². The quantitative estimate of drug-likeness (QED) is 0.836. The van der Waals surface area contributed by atoms with E-state index in [1.54, 1.807) is 0 Å². The molecule has 0 spiro atoms. The second-order valence-corrected chi connectivity index (χ2v) is 4.56. The molecule has 1 heterocycles. The Morgan fingerprint density at radius 1 is 1.38 bits per heavy atom. The van der Waals surface area contributed by atoms with Gasteiger partial charge in [-0.15, -0.1) is 0 Å². The number of benzene rings is 1. The van der Waals surface area contributed by atoms with Gasteiger partial charge in [0.25, 0.3) is 0 Å².